The first-order valence-electron chi connectivity index (χ1n) is 28.5. The average Bonchev–Trinajstić information content (AvgIpc) is 3.30. The number of esters is 3. The highest BCUT2D eigenvalue weighted by molar-refractivity contribution is 5.71. The maximum absolute atomic E-state index is 12.8. The maximum atomic E-state index is 12.8. The zero-order valence-corrected chi connectivity index (χ0v) is 43.5. The van der Waals surface area contributed by atoms with E-state index in [0.29, 0.717) is 19.3 Å². The molecular formula is C59H108O6. The molecule has 0 saturated carbocycles. The van der Waals surface area contributed by atoms with E-state index in [-0.39, 0.29) is 31.1 Å². The van der Waals surface area contributed by atoms with E-state index in [4.69, 9.17) is 14.2 Å². The fourth-order valence-corrected chi connectivity index (χ4v) is 8.33. The van der Waals surface area contributed by atoms with Crippen LogP contribution in [-0.4, -0.2) is 37.2 Å². The number of carbonyl (C=O) groups is 3. The van der Waals surface area contributed by atoms with Gasteiger partial charge in [-0.3, -0.25) is 14.4 Å². The molecule has 0 saturated heterocycles. The Balaban J connectivity index is 4.16. The van der Waals surface area contributed by atoms with Crippen LogP contribution in [0.4, 0.5) is 0 Å². The van der Waals surface area contributed by atoms with Crippen molar-refractivity contribution >= 4 is 17.9 Å². The van der Waals surface area contributed by atoms with E-state index in [1.54, 1.807) is 0 Å². The molecule has 0 aliphatic heterocycles. The van der Waals surface area contributed by atoms with E-state index in [0.717, 1.165) is 70.6 Å². The van der Waals surface area contributed by atoms with E-state index < -0.39 is 6.10 Å². The lowest BCUT2D eigenvalue weighted by Gasteiger charge is -2.18. The van der Waals surface area contributed by atoms with Gasteiger partial charge >= 0.3 is 17.9 Å². The lowest BCUT2D eigenvalue weighted by atomic mass is 10.0. The van der Waals surface area contributed by atoms with Crippen LogP contribution in [0.1, 0.15) is 303 Å². The number of unbranched alkanes of at least 4 members (excludes halogenated alkanes) is 35. The van der Waals surface area contributed by atoms with Crippen LogP contribution in [0.15, 0.2) is 36.5 Å². The SMILES string of the molecule is CCCCCCC/C=C\C/C=C\C/C=C\CCCCCCCCCCCCC(=O)OCC(COC(=O)CCCCCCCCCC)OC(=O)CCCCCCCCCCCCCCCC. The molecular weight excluding hydrogens is 805 g/mol. The van der Waals surface area contributed by atoms with Gasteiger partial charge in [0.2, 0.25) is 0 Å². The third kappa shape index (κ3) is 52.5. The molecule has 380 valence electrons. The van der Waals surface area contributed by atoms with Gasteiger partial charge in [-0.05, 0) is 57.8 Å². The molecule has 0 rings (SSSR count). The topological polar surface area (TPSA) is 78.9 Å². The molecule has 0 aromatic carbocycles. The summed E-state index contributed by atoms with van der Waals surface area (Å²) in [5.41, 5.74) is 0. The van der Waals surface area contributed by atoms with E-state index in [1.807, 2.05) is 0 Å². The Morgan fingerprint density at radius 3 is 0.862 bits per heavy atom. The van der Waals surface area contributed by atoms with Crippen molar-refractivity contribution in [2.75, 3.05) is 13.2 Å². The normalized spacial score (nSPS) is 12.2. The Labute approximate surface area is 404 Å². The van der Waals surface area contributed by atoms with Crippen LogP contribution in [0.2, 0.25) is 0 Å². The minimum atomic E-state index is -0.767. The van der Waals surface area contributed by atoms with Crippen LogP contribution in [0.3, 0.4) is 0 Å². The summed E-state index contributed by atoms with van der Waals surface area (Å²) in [7, 11) is 0. The van der Waals surface area contributed by atoms with Gasteiger partial charge in [0.25, 0.3) is 0 Å². The molecule has 0 heterocycles. The number of hydrogen-bond donors (Lipinski definition) is 0. The third-order valence-corrected chi connectivity index (χ3v) is 12.6. The zero-order chi connectivity index (χ0) is 47.2. The zero-order valence-electron chi connectivity index (χ0n) is 43.5. The van der Waals surface area contributed by atoms with E-state index in [2.05, 4.69) is 57.2 Å². The average molecular weight is 914 g/mol. The highest BCUT2D eigenvalue weighted by atomic mass is 16.6. The molecule has 65 heavy (non-hydrogen) atoms. The summed E-state index contributed by atoms with van der Waals surface area (Å²) in [4.78, 5) is 37.9. The summed E-state index contributed by atoms with van der Waals surface area (Å²) in [5.74, 6) is -0.863. The van der Waals surface area contributed by atoms with E-state index in [1.165, 1.54) is 193 Å². The molecule has 0 fully saturated rings. The summed E-state index contributed by atoms with van der Waals surface area (Å²) in [6.45, 7) is 6.63. The van der Waals surface area contributed by atoms with Crippen molar-refractivity contribution in [1.82, 2.24) is 0 Å². The minimum Gasteiger partial charge on any atom is -0.462 e. The molecule has 0 radical (unpaired) electrons. The largest absolute Gasteiger partial charge is 0.462 e. The molecule has 0 N–H and O–H groups in total. The van der Waals surface area contributed by atoms with Crippen LogP contribution >= 0.6 is 0 Å². The molecule has 0 bridgehead atoms. The van der Waals surface area contributed by atoms with Gasteiger partial charge in [-0.1, -0.05) is 263 Å². The van der Waals surface area contributed by atoms with Crippen molar-refractivity contribution in [1.29, 1.82) is 0 Å². The van der Waals surface area contributed by atoms with Crippen LogP contribution in [0.5, 0.6) is 0 Å². The Morgan fingerprint density at radius 2 is 0.554 bits per heavy atom. The first kappa shape index (κ1) is 62.6. The van der Waals surface area contributed by atoms with Gasteiger partial charge < -0.3 is 14.2 Å². The predicted octanol–water partition coefficient (Wildman–Crippen LogP) is 18.9. The van der Waals surface area contributed by atoms with Crippen molar-refractivity contribution in [3.63, 3.8) is 0 Å². The first-order chi connectivity index (χ1) is 32.0. The van der Waals surface area contributed by atoms with Crippen LogP contribution in [-0.2, 0) is 28.6 Å². The number of allylic oxidation sites excluding steroid dienone is 6. The molecule has 0 spiro atoms. The lowest BCUT2D eigenvalue weighted by Crippen LogP contribution is -2.30. The minimum absolute atomic E-state index is 0.0691. The summed E-state index contributed by atoms with van der Waals surface area (Å²) in [6, 6.07) is 0. The second-order valence-corrected chi connectivity index (χ2v) is 19.2. The van der Waals surface area contributed by atoms with Crippen LogP contribution in [0, 0.1) is 0 Å². The van der Waals surface area contributed by atoms with E-state index >= 15 is 0 Å². The van der Waals surface area contributed by atoms with Gasteiger partial charge in [0.1, 0.15) is 13.2 Å². The number of hydrogen-bond acceptors (Lipinski definition) is 6. The molecule has 0 aromatic heterocycles. The second-order valence-electron chi connectivity index (χ2n) is 19.2. The molecule has 0 aromatic rings. The summed E-state index contributed by atoms with van der Waals surface area (Å²) >= 11 is 0. The Morgan fingerprint density at radius 1 is 0.308 bits per heavy atom. The molecule has 0 aliphatic rings. The highest BCUT2D eigenvalue weighted by Gasteiger charge is 2.19. The monoisotopic (exact) mass is 913 g/mol. The van der Waals surface area contributed by atoms with Gasteiger partial charge in [-0.15, -0.1) is 0 Å². The molecule has 0 aliphatic carbocycles. The first-order valence-corrected chi connectivity index (χ1v) is 28.5. The van der Waals surface area contributed by atoms with Crippen LogP contribution in [0.25, 0.3) is 0 Å². The fourth-order valence-electron chi connectivity index (χ4n) is 8.33. The summed E-state index contributed by atoms with van der Waals surface area (Å²) < 4.78 is 16.8. The van der Waals surface area contributed by atoms with Crippen molar-refractivity contribution in [3.05, 3.63) is 36.5 Å². The number of rotatable bonds is 52. The highest BCUT2D eigenvalue weighted by Crippen LogP contribution is 2.16. The molecule has 1 unspecified atom stereocenters. The molecule has 6 nitrogen and oxygen atoms in total. The summed E-state index contributed by atoms with van der Waals surface area (Å²) in [6.07, 6.45) is 64.3. The smallest absolute Gasteiger partial charge is 0.306 e. The van der Waals surface area contributed by atoms with Crippen LogP contribution < -0.4 is 0 Å². The summed E-state index contributed by atoms with van der Waals surface area (Å²) in [5, 5.41) is 0. The number of ether oxygens (including phenoxy) is 3. The Hall–Kier alpha value is -2.37. The lowest BCUT2D eigenvalue weighted by molar-refractivity contribution is -0.167. The third-order valence-electron chi connectivity index (χ3n) is 12.6. The fraction of sp³-hybridized carbons (Fsp3) is 0.847. The van der Waals surface area contributed by atoms with Gasteiger partial charge in [-0.25, -0.2) is 0 Å². The quantitative estimate of drug-likeness (QED) is 0.0262. The van der Waals surface area contributed by atoms with Gasteiger partial charge in [-0.2, -0.15) is 0 Å². The van der Waals surface area contributed by atoms with E-state index in [9.17, 15) is 14.4 Å². The molecule has 0 amide bonds. The Kier molecular flexibility index (Phi) is 52.3. The van der Waals surface area contributed by atoms with Crippen molar-refractivity contribution in [2.24, 2.45) is 0 Å². The maximum Gasteiger partial charge on any atom is 0.306 e. The predicted molar refractivity (Wildman–Crippen MR) is 279 cm³/mol. The Bertz CT molecular complexity index is 1090. The standard InChI is InChI=1S/C59H108O6/c1-4-7-10-13-16-19-21-23-25-26-27-28-29-30-31-32-33-34-35-37-38-40-43-46-49-52-58(61)64-55-56(54-63-57(60)51-48-45-42-18-15-12-9-6-3)65-59(62)53-50-47-44-41-39-36-24-22-20-17-14-11-8-5-2/h21,23,26-27,29-30,56H,4-20,22,24-25,28,31-55H2,1-3H3/b23-21-,27-26-,30-29-. The van der Waals surface area contributed by atoms with Crippen molar-refractivity contribution in [3.8, 4) is 0 Å². The number of carbonyl (C=O) groups excluding carboxylic acids is 3. The van der Waals surface area contributed by atoms with Gasteiger partial charge in [0.15, 0.2) is 6.10 Å². The molecule has 6 heteroatoms. The second kappa shape index (κ2) is 54.2. The van der Waals surface area contributed by atoms with Crippen molar-refractivity contribution in [2.45, 2.75) is 309 Å². The molecule has 1 atom stereocenters. The van der Waals surface area contributed by atoms with Gasteiger partial charge in [0, 0.05) is 19.3 Å². The van der Waals surface area contributed by atoms with Gasteiger partial charge in [0.05, 0.1) is 0 Å². The van der Waals surface area contributed by atoms with Crippen molar-refractivity contribution < 1.29 is 28.6 Å².